The van der Waals surface area contributed by atoms with Crippen molar-refractivity contribution in [3.05, 3.63) is 48.2 Å². The highest BCUT2D eigenvalue weighted by atomic mass is 16.5. The van der Waals surface area contributed by atoms with Gasteiger partial charge in [0.25, 0.3) is 5.91 Å². The number of carbonyl (C=O) groups excluding carboxylic acids is 1. The summed E-state index contributed by atoms with van der Waals surface area (Å²) in [6, 6.07) is 11.0. The number of aromatic nitrogens is 1. The van der Waals surface area contributed by atoms with Crippen molar-refractivity contribution in [3.8, 4) is 5.75 Å². The molecule has 1 heterocycles. The first kappa shape index (κ1) is 16.8. The van der Waals surface area contributed by atoms with Crippen molar-refractivity contribution < 1.29 is 9.53 Å². The summed E-state index contributed by atoms with van der Waals surface area (Å²) in [5.74, 6) is 1.26. The Bertz CT molecular complexity index is 659. The zero-order valence-electron chi connectivity index (χ0n) is 13.7. The van der Waals surface area contributed by atoms with Gasteiger partial charge in [-0.05, 0) is 38.4 Å². The summed E-state index contributed by atoms with van der Waals surface area (Å²) in [5, 5.41) is 6.05. The van der Waals surface area contributed by atoms with Gasteiger partial charge in [0, 0.05) is 36.6 Å². The van der Waals surface area contributed by atoms with Gasteiger partial charge in [0.2, 0.25) is 0 Å². The van der Waals surface area contributed by atoms with E-state index in [2.05, 4.69) is 15.6 Å². The van der Waals surface area contributed by atoms with Gasteiger partial charge in [0.1, 0.15) is 11.6 Å². The van der Waals surface area contributed by atoms with Crippen molar-refractivity contribution in [2.24, 2.45) is 0 Å². The number of anilines is 2. The Morgan fingerprint density at radius 3 is 2.83 bits per heavy atom. The maximum Gasteiger partial charge on any atom is 0.251 e. The quantitative estimate of drug-likeness (QED) is 0.819. The molecule has 1 aromatic heterocycles. The molecule has 0 atom stereocenters. The third-order valence-electron chi connectivity index (χ3n) is 3.21. The van der Waals surface area contributed by atoms with E-state index in [9.17, 15) is 4.79 Å². The molecule has 122 valence electrons. The van der Waals surface area contributed by atoms with Crippen LogP contribution >= 0.6 is 0 Å². The summed E-state index contributed by atoms with van der Waals surface area (Å²) in [6.07, 6.45) is 1.61. The molecule has 0 bridgehead atoms. The van der Waals surface area contributed by atoms with Crippen molar-refractivity contribution >= 4 is 17.4 Å². The van der Waals surface area contributed by atoms with Gasteiger partial charge in [-0.3, -0.25) is 4.79 Å². The molecule has 0 aliphatic carbocycles. The molecule has 6 nitrogen and oxygen atoms in total. The standard InChI is InChI=1S/C17H22N4O2/c1-21(2)10-9-19-17(22)13-7-8-18-16(11-13)20-14-5-4-6-15(12-14)23-3/h4-8,11-12H,9-10H2,1-3H3,(H,18,20)(H,19,22). The van der Waals surface area contributed by atoms with Gasteiger partial charge in [0.05, 0.1) is 7.11 Å². The third-order valence-corrected chi connectivity index (χ3v) is 3.21. The minimum Gasteiger partial charge on any atom is -0.497 e. The average Bonchev–Trinajstić information content (AvgIpc) is 2.55. The van der Waals surface area contributed by atoms with Gasteiger partial charge in [-0.15, -0.1) is 0 Å². The fraction of sp³-hybridized carbons (Fsp3) is 0.294. The Balaban J connectivity index is 2.02. The fourth-order valence-electron chi connectivity index (χ4n) is 1.98. The molecule has 1 aromatic carbocycles. The zero-order chi connectivity index (χ0) is 16.7. The van der Waals surface area contributed by atoms with Crippen LogP contribution in [0.15, 0.2) is 42.6 Å². The molecule has 0 fully saturated rings. The number of likely N-dealkylation sites (N-methyl/N-ethyl adjacent to an activating group) is 1. The summed E-state index contributed by atoms with van der Waals surface area (Å²) in [4.78, 5) is 18.4. The highest BCUT2D eigenvalue weighted by molar-refractivity contribution is 5.94. The Hall–Kier alpha value is -2.60. The summed E-state index contributed by atoms with van der Waals surface area (Å²) in [7, 11) is 5.56. The van der Waals surface area contributed by atoms with Crippen molar-refractivity contribution in [1.29, 1.82) is 0 Å². The van der Waals surface area contributed by atoms with Crippen molar-refractivity contribution in [2.75, 3.05) is 39.6 Å². The number of nitrogens with one attached hydrogen (secondary N) is 2. The van der Waals surface area contributed by atoms with E-state index < -0.39 is 0 Å². The topological polar surface area (TPSA) is 66.5 Å². The fourth-order valence-corrected chi connectivity index (χ4v) is 1.98. The largest absolute Gasteiger partial charge is 0.497 e. The van der Waals surface area contributed by atoms with Crippen molar-refractivity contribution in [1.82, 2.24) is 15.2 Å². The van der Waals surface area contributed by atoms with Crippen LogP contribution in [0.25, 0.3) is 0 Å². The smallest absolute Gasteiger partial charge is 0.251 e. The van der Waals surface area contributed by atoms with Gasteiger partial charge >= 0.3 is 0 Å². The molecule has 2 N–H and O–H groups in total. The number of methoxy groups -OCH3 is 1. The van der Waals surface area contributed by atoms with Crippen LogP contribution in [0.3, 0.4) is 0 Å². The van der Waals surface area contributed by atoms with Crippen molar-refractivity contribution in [3.63, 3.8) is 0 Å². The number of rotatable bonds is 7. The van der Waals surface area contributed by atoms with Crippen LogP contribution in [0.2, 0.25) is 0 Å². The summed E-state index contributed by atoms with van der Waals surface area (Å²) >= 11 is 0. The lowest BCUT2D eigenvalue weighted by Crippen LogP contribution is -2.31. The third kappa shape index (κ3) is 5.27. The van der Waals surface area contributed by atoms with Gasteiger partial charge in [-0.2, -0.15) is 0 Å². The first-order chi connectivity index (χ1) is 11.1. The van der Waals surface area contributed by atoms with Crippen LogP contribution in [0.1, 0.15) is 10.4 Å². The van der Waals surface area contributed by atoms with E-state index in [4.69, 9.17) is 4.74 Å². The van der Waals surface area contributed by atoms with Crippen LogP contribution in [-0.2, 0) is 0 Å². The first-order valence-electron chi connectivity index (χ1n) is 7.38. The molecule has 0 saturated carbocycles. The molecule has 0 unspecified atom stereocenters. The first-order valence-corrected chi connectivity index (χ1v) is 7.38. The molecule has 23 heavy (non-hydrogen) atoms. The summed E-state index contributed by atoms with van der Waals surface area (Å²) in [5.41, 5.74) is 1.42. The number of hydrogen-bond acceptors (Lipinski definition) is 5. The second-order valence-corrected chi connectivity index (χ2v) is 5.35. The molecule has 6 heteroatoms. The SMILES string of the molecule is COc1cccc(Nc2cc(C(=O)NCCN(C)C)ccn2)c1. The maximum atomic E-state index is 12.1. The highest BCUT2D eigenvalue weighted by Crippen LogP contribution is 2.20. The van der Waals surface area contributed by atoms with Crippen molar-refractivity contribution in [2.45, 2.75) is 0 Å². The van der Waals surface area contributed by atoms with Gasteiger partial charge < -0.3 is 20.3 Å². The number of amides is 1. The number of pyridine rings is 1. The van der Waals surface area contributed by atoms with E-state index in [-0.39, 0.29) is 5.91 Å². The predicted octanol–water partition coefficient (Wildman–Crippen LogP) is 2.13. The van der Waals surface area contributed by atoms with E-state index in [1.54, 1.807) is 25.4 Å². The summed E-state index contributed by atoms with van der Waals surface area (Å²) < 4.78 is 5.19. The normalized spacial score (nSPS) is 10.4. The minimum absolute atomic E-state index is 0.108. The zero-order valence-corrected chi connectivity index (χ0v) is 13.7. The van der Waals surface area contributed by atoms with Gasteiger partial charge in [-0.25, -0.2) is 4.98 Å². The molecule has 1 amide bonds. The molecule has 0 radical (unpaired) electrons. The molecular weight excluding hydrogens is 292 g/mol. The second-order valence-electron chi connectivity index (χ2n) is 5.35. The molecule has 0 saturated heterocycles. The van der Waals surface area contributed by atoms with E-state index in [1.807, 2.05) is 43.3 Å². The van der Waals surface area contributed by atoms with E-state index >= 15 is 0 Å². The Morgan fingerprint density at radius 2 is 2.09 bits per heavy atom. The monoisotopic (exact) mass is 314 g/mol. The van der Waals surface area contributed by atoms with Crippen LogP contribution in [0, 0.1) is 0 Å². The molecular formula is C17H22N4O2. The van der Waals surface area contributed by atoms with Crippen LogP contribution in [0.4, 0.5) is 11.5 Å². The molecule has 0 aliphatic heterocycles. The Morgan fingerprint density at radius 1 is 1.26 bits per heavy atom. The Labute approximate surface area is 136 Å². The van der Waals surface area contributed by atoms with E-state index in [0.717, 1.165) is 18.0 Å². The molecule has 0 spiro atoms. The molecule has 0 aliphatic rings. The van der Waals surface area contributed by atoms with Crippen LogP contribution in [0.5, 0.6) is 5.75 Å². The van der Waals surface area contributed by atoms with Gasteiger partial charge in [-0.1, -0.05) is 6.07 Å². The lowest BCUT2D eigenvalue weighted by molar-refractivity contribution is 0.0951. The summed E-state index contributed by atoms with van der Waals surface area (Å²) in [6.45, 7) is 1.40. The lowest BCUT2D eigenvalue weighted by Gasteiger charge is -2.11. The lowest BCUT2D eigenvalue weighted by atomic mass is 10.2. The number of nitrogens with zero attached hydrogens (tertiary/aromatic N) is 2. The molecule has 2 rings (SSSR count). The highest BCUT2D eigenvalue weighted by Gasteiger charge is 2.07. The predicted molar refractivity (Wildman–Crippen MR) is 91.4 cm³/mol. The van der Waals surface area contributed by atoms with E-state index in [1.165, 1.54) is 0 Å². The number of hydrogen-bond donors (Lipinski definition) is 2. The Kier molecular flexibility index (Phi) is 5.94. The maximum absolute atomic E-state index is 12.1. The number of ether oxygens (including phenoxy) is 1. The average molecular weight is 314 g/mol. The van der Waals surface area contributed by atoms with Gasteiger partial charge in [0.15, 0.2) is 0 Å². The molecule has 2 aromatic rings. The van der Waals surface area contributed by atoms with E-state index in [0.29, 0.717) is 17.9 Å². The van der Waals surface area contributed by atoms with Crippen LogP contribution in [-0.4, -0.2) is 50.1 Å². The minimum atomic E-state index is -0.108. The van der Waals surface area contributed by atoms with Crippen LogP contribution < -0.4 is 15.4 Å². The number of carbonyl (C=O) groups is 1. The number of benzene rings is 1. The second kappa shape index (κ2) is 8.14.